The molecule has 1 aliphatic carbocycles. The van der Waals surface area contributed by atoms with Gasteiger partial charge in [-0.25, -0.2) is 0 Å². The highest BCUT2D eigenvalue weighted by molar-refractivity contribution is 5.98. The van der Waals surface area contributed by atoms with E-state index >= 15 is 0 Å². The summed E-state index contributed by atoms with van der Waals surface area (Å²) in [7, 11) is 0. The van der Waals surface area contributed by atoms with Crippen LogP contribution in [0.25, 0.3) is 0 Å². The van der Waals surface area contributed by atoms with E-state index in [4.69, 9.17) is 10.9 Å². The molecule has 1 aromatic rings. The van der Waals surface area contributed by atoms with Gasteiger partial charge in [-0.1, -0.05) is 18.0 Å². The second-order valence-corrected chi connectivity index (χ2v) is 5.10. The fraction of sp³-hybridized carbons (Fsp3) is 0.500. The Bertz CT molecular complexity index is 510. The second kappa shape index (κ2) is 6.36. The summed E-state index contributed by atoms with van der Waals surface area (Å²) in [5, 5.41) is 11.7. The molecule has 3 N–H and O–H groups in total. The molecule has 1 fully saturated rings. The largest absolute Gasteiger partial charge is 0.409 e. The number of hydrogen-bond acceptors (Lipinski definition) is 4. The number of carbonyl (C=O) groups excluding carboxylic acids is 1. The zero-order valence-electron chi connectivity index (χ0n) is 11.6. The Hall–Kier alpha value is -2.11. The third kappa shape index (κ3) is 3.07. The molecule has 0 atom stereocenters. The van der Waals surface area contributed by atoms with Crippen molar-refractivity contribution >= 4 is 11.7 Å². The minimum Gasteiger partial charge on any atom is -0.409 e. The Morgan fingerprint density at radius 3 is 2.85 bits per heavy atom. The van der Waals surface area contributed by atoms with E-state index < -0.39 is 0 Å². The lowest BCUT2D eigenvalue weighted by Crippen LogP contribution is -2.44. The molecule has 1 saturated carbocycles. The summed E-state index contributed by atoms with van der Waals surface area (Å²) in [6.45, 7) is 1.96. The van der Waals surface area contributed by atoms with Gasteiger partial charge < -0.3 is 15.8 Å². The number of amidine groups is 1. The molecular formula is C14H20N4O2. The quantitative estimate of drug-likeness (QED) is 0.377. The standard InChI is InChI=1S/C14H20N4O2/c1-10-12(7-4-8-16-10)14(19)18(9-13(15)17-20)11-5-2-3-6-11/h4,7-8,11,20H,2-3,5-6,9H2,1H3,(H2,15,17). The molecule has 2 rings (SSSR count). The van der Waals surface area contributed by atoms with E-state index in [2.05, 4.69) is 10.1 Å². The third-order valence-electron chi connectivity index (χ3n) is 3.72. The lowest BCUT2D eigenvalue weighted by Gasteiger charge is -2.28. The minimum atomic E-state index is -0.103. The first kappa shape index (κ1) is 14.3. The van der Waals surface area contributed by atoms with E-state index in [-0.39, 0.29) is 24.3 Å². The van der Waals surface area contributed by atoms with Crippen LogP contribution in [-0.4, -0.2) is 39.4 Å². The monoisotopic (exact) mass is 276 g/mol. The lowest BCUT2D eigenvalue weighted by atomic mass is 10.1. The number of aryl methyl sites for hydroxylation is 1. The van der Waals surface area contributed by atoms with Gasteiger partial charge in [0.1, 0.15) is 0 Å². The van der Waals surface area contributed by atoms with Crippen molar-refractivity contribution in [2.45, 2.75) is 38.6 Å². The topological polar surface area (TPSA) is 91.8 Å². The fourth-order valence-corrected chi connectivity index (χ4v) is 2.65. The molecule has 0 radical (unpaired) electrons. The number of oxime groups is 1. The van der Waals surface area contributed by atoms with E-state index in [9.17, 15) is 4.79 Å². The van der Waals surface area contributed by atoms with Gasteiger partial charge in [-0.2, -0.15) is 0 Å². The molecule has 0 spiro atoms. The van der Waals surface area contributed by atoms with Gasteiger partial charge >= 0.3 is 0 Å². The minimum absolute atomic E-state index is 0.0480. The van der Waals surface area contributed by atoms with Gasteiger partial charge in [0.2, 0.25) is 0 Å². The third-order valence-corrected chi connectivity index (χ3v) is 3.72. The number of rotatable bonds is 4. The molecule has 0 unspecified atom stereocenters. The summed E-state index contributed by atoms with van der Waals surface area (Å²) in [5.41, 5.74) is 6.85. The van der Waals surface area contributed by atoms with Crippen molar-refractivity contribution in [2.24, 2.45) is 10.9 Å². The molecule has 0 bridgehead atoms. The molecule has 1 aliphatic rings. The van der Waals surface area contributed by atoms with Gasteiger partial charge in [0.25, 0.3) is 5.91 Å². The number of aromatic nitrogens is 1. The van der Waals surface area contributed by atoms with Gasteiger partial charge in [0, 0.05) is 17.9 Å². The molecule has 1 heterocycles. The molecule has 0 saturated heterocycles. The molecule has 108 valence electrons. The highest BCUT2D eigenvalue weighted by Gasteiger charge is 2.29. The highest BCUT2D eigenvalue weighted by atomic mass is 16.4. The van der Waals surface area contributed by atoms with Crippen LogP contribution in [0.3, 0.4) is 0 Å². The summed E-state index contributed by atoms with van der Waals surface area (Å²) in [6.07, 6.45) is 5.80. The van der Waals surface area contributed by atoms with Crippen molar-refractivity contribution in [3.05, 3.63) is 29.6 Å². The first-order chi connectivity index (χ1) is 9.63. The number of hydrogen-bond donors (Lipinski definition) is 2. The maximum absolute atomic E-state index is 12.7. The second-order valence-electron chi connectivity index (χ2n) is 5.10. The van der Waals surface area contributed by atoms with Crippen molar-refractivity contribution in [1.82, 2.24) is 9.88 Å². The number of pyridine rings is 1. The summed E-state index contributed by atoms with van der Waals surface area (Å²) in [4.78, 5) is 18.5. The van der Waals surface area contributed by atoms with Crippen LogP contribution in [0.1, 0.15) is 41.7 Å². The van der Waals surface area contributed by atoms with Crippen LogP contribution in [0, 0.1) is 6.92 Å². The van der Waals surface area contributed by atoms with Crippen molar-refractivity contribution in [3.63, 3.8) is 0 Å². The molecule has 0 aliphatic heterocycles. The number of nitrogens with two attached hydrogens (primary N) is 1. The predicted octanol–water partition coefficient (Wildman–Crippen LogP) is 1.52. The molecule has 6 heteroatoms. The SMILES string of the molecule is Cc1ncccc1C(=O)N(C/C(N)=N/O)C1CCCC1. The highest BCUT2D eigenvalue weighted by Crippen LogP contribution is 2.25. The van der Waals surface area contributed by atoms with Gasteiger partial charge in [0.05, 0.1) is 12.1 Å². The van der Waals surface area contributed by atoms with Crippen LogP contribution in [0.2, 0.25) is 0 Å². The first-order valence-electron chi connectivity index (χ1n) is 6.82. The first-order valence-corrected chi connectivity index (χ1v) is 6.82. The Labute approximate surface area is 118 Å². The average Bonchev–Trinajstić information content (AvgIpc) is 2.98. The van der Waals surface area contributed by atoms with E-state index in [0.717, 1.165) is 25.7 Å². The van der Waals surface area contributed by atoms with Gasteiger partial charge in [0.15, 0.2) is 5.84 Å². The van der Waals surface area contributed by atoms with Crippen LogP contribution in [0.15, 0.2) is 23.5 Å². The Morgan fingerprint density at radius 2 is 2.25 bits per heavy atom. The average molecular weight is 276 g/mol. The smallest absolute Gasteiger partial charge is 0.256 e. The molecule has 20 heavy (non-hydrogen) atoms. The van der Waals surface area contributed by atoms with E-state index in [1.165, 1.54) is 0 Å². The molecule has 6 nitrogen and oxygen atoms in total. The number of nitrogens with zero attached hydrogens (tertiary/aromatic N) is 3. The van der Waals surface area contributed by atoms with Gasteiger partial charge in [-0.05, 0) is 31.9 Å². The van der Waals surface area contributed by atoms with Crippen LogP contribution >= 0.6 is 0 Å². The van der Waals surface area contributed by atoms with E-state index in [1.54, 1.807) is 23.2 Å². The van der Waals surface area contributed by atoms with Crippen LogP contribution in [0.4, 0.5) is 0 Å². The number of carbonyl (C=O) groups is 1. The summed E-state index contributed by atoms with van der Waals surface area (Å²) in [5.74, 6) is -0.0547. The van der Waals surface area contributed by atoms with Crippen LogP contribution < -0.4 is 5.73 Å². The van der Waals surface area contributed by atoms with Crippen LogP contribution in [0.5, 0.6) is 0 Å². The lowest BCUT2D eigenvalue weighted by molar-refractivity contribution is 0.0711. The zero-order valence-corrected chi connectivity index (χ0v) is 11.6. The fourth-order valence-electron chi connectivity index (χ4n) is 2.65. The maximum atomic E-state index is 12.7. The van der Waals surface area contributed by atoms with Crippen LogP contribution in [-0.2, 0) is 0 Å². The van der Waals surface area contributed by atoms with E-state index in [0.29, 0.717) is 11.3 Å². The molecule has 1 aromatic heterocycles. The number of amides is 1. The Kier molecular flexibility index (Phi) is 4.55. The van der Waals surface area contributed by atoms with Crippen molar-refractivity contribution in [2.75, 3.05) is 6.54 Å². The van der Waals surface area contributed by atoms with Crippen molar-refractivity contribution in [1.29, 1.82) is 0 Å². The molecular weight excluding hydrogens is 256 g/mol. The summed E-state index contributed by atoms with van der Waals surface area (Å²) >= 11 is 0. The summed E-state index contributed by atoms with van der Waals surface area (Å²) < 4.78 is 0. The molecule has 1 amide bonds. The van der Waals surface area contributed by atoms with Crippen molar-refractivity contribution < 1.29 is 10.0 Å². The van der Waals surface area contributed by atoms with Crippen molar-refractivity contribution in [3.8, 4) is 0 Å². The van der Waals surface area contributed by atoms with Gasteiger partial charge in [-0.15, -0.1) is 0 Å². The zero-order chi connectivity index (χ0) is 14.5. The maximum Gasteiger partial charge on any atom is 0.256 e. The van der Waals surface area contributed by atoms with Gasteiger partial charge in [-0.3, -0.25) is 9.78 Å². The Balaban J connectivity index is 2.25. The van der Waals surface area contributed by atoms with E-state index in [1.807, 2.05) is 6.92 Å². The Morgan fingerprint density at radius 1 is 1.55 bits per heavy atom. The normalized spacial score (nSPS) is 16.4. The summed E-state index contributed by atoms with van der Waals surface area (Å²) in [6, 6.07) is 3.66. The molecule has 0 aromatic carbocycles. The predicted molar refractivity (Wildman–Crippen MR) is 75.7 cm³/mol.